The zero-order chi connectivity index (χ0) is 6.28. The van der Waals surface area contributed by atoms with Crippen LogP contribution in [0.4, 0.5) is 4.79 Å². The topological polar surface area (TPSA) is 110 Å². The molecular weight excluding hydrogens is 98.8 g/mol. The van der Waals surface area contributed by atoms with Gasteiger partial charge >= 0.3 is 13.7 Å². The van der Waals surface area contributed by atoms with Crippen LogP contribution < -0.4 is 11.5 Å². The number of hydrogen-bond acceptors (Lipinski definition) is 3. The highest BCUT2D eigenvalue weighted by Crippen LogP contribution is 1.25. The molecule has 0 aliphatic rings. The minimum Gasteiger partial charge on any atom is -0.429 e. The first-order chi connectivity index (χ1) is 3.15. The molecule has 41 valence electrons. The molecule has 0 aromatic carbocycles. The summed E-state index contributed by atoms with van der Waals surface area (Å²) in [6.07, 6.45) is 0. The summed E-state index contributed by atoms with van der Waals surface area (Å²) in [7, 11) is 0. The number of urea groups is 1. The molecule has 0 bridgehead atoms. The number of rotatable bonds is 0. The van der Waals surface area contributed by atoms with Crippen LogP contribution in [0.25, 0.3) is 0 Å². The Morgan fingerprint density at radius 3 is 1.43 bits per heavy atom. The van der Waals surface area contributed by atoms with Crippen molar-refractivity contribution in [2.75, 3.05) is 0 Å². The molecule has 0 aliphatic carbocycles. The highest BCUT2D eigenvalue weighted by molar-refractivity contribution is 6.13. The van der Waals surface area contributed by atoms with Gasteiger partial charge in [0.2, 0.25) is 0 Å². The zero-order valence-electron chi connectivity index (χ0n) is 3.53. The van der Waals surface area contributed by atoms with Crippen molar-refractivity contribution in [3.8, 4) is 0 Å². The molecule has 1 radical (unpaired) electrons. The summed E-state index contributed by atoms with van der Waals surface area (Å²) in [4.78, 5) is 9.00. The summed E-state index contributed by atoms with van der Waals surface area (Å²) in [5.41, 5.74) is 8.50. The number of hydrogen-bond donors (Lipinski definition) is 4. The molecule has 0 rings (SSSR count). The van der Waals surface area contributed by atoms with E-state index in [0.29, 0.717) is 0 Å². The second-order valence-corrected chi connectivity index (χ2v) is 0.518. The largest absolute Gasteiger partial charge is 0.482 e. The maximum absolute atomic E-state index is 9.00. The normalized spacial score (nSPS) is 5.43. The molecule has 5 nitrogen and oxygen atoms in total. The first-order valence-electron chi connectivity index (χ1n) is 1.30. The quantitative estimate of drug-likeness (QED) is 0.256. The molecule has 0 saturated carbocycles. The van der Waals surface area contributed by atoms with Gasteiger partial charge in [0.25, 0.3) is 0 Å². The number of carbonyl (C=O) groups excluding carboxylic acids is 1. The average Bonchev–Trinajstić information content (AvgIpc) is 1.33. The number of carbonyl (C=O) groups is 1. The van der Waals surface area contributed by atoms with Gasteiger partial charge in [-0.25, -0.2) is 4.79 Å². The van der Waals surface area contributed by atoms with Gasteiger partial charge in [-0.3, -0.25) is 0 Å². The molecule has 7 heavy (non-hydrogen) atoms. The summed E-state index contributed by atoms with van der Waals surface area (Å²) in [6, 6.07) is -0.833. The van der Waals surface area contributed by atoms with Crippen LogP contribution in [-0.4, -0.2) is 23.8 Å². The molecule has 0 spiro atoms. The van der Waals surface area contributed by atoms with Crippen molar-refractivity contribution in [3.63, 3.8) is 0 Å². The van der Waals surface area contributed by atoms with Gasteiger partial charge in [0.15, 0.2) is 0 Å². The van der Waals surface area contributed by atoms with E-state index in [2.05, 4.69) is 11.5 Å². The Hall–Kier alpha value is -0.745. The first-order valence-corrected chi connectivity index (χ1v) is 1.30. The molecule has 0 saturated heterocycles. The van der Waals surface area contributed by atoms with E-state index in [1.54, 1.807) is 0 Å². The van der Waals surface area contributed by atoms with Crippen LogP contribution >= 0.6 is 0 Å². The molecule has 0 atom stereocenters. The highest BCUT2D eigenvalue weighted by Gasteiger charge is 1.60. The van der Waals surface area contributed by atoms with Gasteiger partial charge in [0, 0.05) is 0 Å². The summed E-state index contributed by atoms with van der Waals surface area (Å²) in [6.45, 7) is 0. The summed E-state index contributed by atoms with van der Waals surface area (Å²) in [5.74, 6) is 0. The molecule has 0 heterocycles. The van der Waals surface area contributed by atoms with Crippen molar-refractivity contribution in [2.45, 2.75) is 0 Å². The fourth-order valence-corrected chi connectivity index (χ4v) is 0. The van der Waals surface area contributed by atoms with E-state index in [1.807, 2.05) is 0 Å². The van der Waals surface area contributed by atoms with Crippen LogP contribution in [0.1, 0.15) is 0 Å². The van der Waals surface area contributed by atoms with Crippen molar-refractivity contribution in [1.82, 2.24) is 0 Å². The van der Waals surface area contributed by atoms with E-state index in [9.17, 15) is 0 Å². The Morgan fingerprint density at radius 1 is 1.43 bits per heavy atom. The predicted octanol–water partition coefficient (Wildman–Crippen LogP) is -2.47. The Kier molecular flexibility index (Phi) is 12.2. The van der Waals surface area contributed by atoms with Crippen LogP contribution in [0, 0.1) is 0 Å². The summed E-state index contributed by atoms with van der Waals surface area (Å²) < 4.78 is 0. The smallest absolute Gasteiger partial charge is 0.429 e. The molecule has 0 fully saturated rings. The van der Waals surface area contributed by atoms with E-state index in [1.165, 1.54) is 0 Å². The Balaban J connectivity index is 0. The van der Waals surface area contributed by atoms with Gasteiger partial charge in [-0.15, -0.1) is 0 Å². The minimum atomic E-state index is -0.833. The molecule has 0 aromatic heterocycles. The standard InChI is InChI=1S/CH4N2O.BH2O2/c2-1(3)4;2-1-3/h(H4,2,3,4);2-3H. The second kappa shape index (κ2) is 8.98. The summed E-state index contributed by atoms with van der Waals surface area (Å²) in [5, 5.41) is 14.0. The lowest BCUT2D eigenvalue weighted by molar-refractivity contribution is 0.256. The third kappa shape index (κ3) is 100. The molecule has 0 unspecified atom stereocenters. The fraction of sp³-hybridized carbons (Fsp3) is 0. The SMILES string of the molecule is NC(N)=O.O[B]O. The van der Waals surface area contributed by atoms with Gasteiger partial charge in [0.1, 0.15) is 0 Å². The first kappa shape index (κ1) is 9.54. The number of primary amides is 2. The molecule has 0 aromatic rings. The third-order valence-electron chi connectivity index (χ3n) is 0. The van der Waals surface area contributed by atoms with Crippen molar-refractivity contribution in [1.29, 1.82) is 0 Å². The minimum absolute atomic E-state index is 0. The van der Waals surface area contributed by atoms with Gasteiger partial charge < -0.3 is 21.5 Å². The van der Waals surface area contributed by atoms with Crippen LogP contribution in [0.3, 0.4) is 0 Å². The van der Waals surface area contributed by atoms with Crippen LogP contribution in [-0.2, 0) is 0 Å². The molecule has 0 aliphatic heterocycles. The Morgan fingerprint density at radius 2 is 1.43 bits per heavy atom. The summed E-state index contributed by atoms with van der Waals surface area (Å²) >= 11 is 0. The lowest BCUT2D eigenvalue weighted by Gasteiger charge is -1.62. The van der Waals surface area contributed by atoms with E-state index in [-0.39, 0.29) is 7.69 Å². The molecule has 6 N–H and O–H groups in total. The van der Waals surface area contributed by atoms with Crippen molar-refractivity contribution >= 4 is 13.7 Å². The Labute approximate surface area is 41.2 Å². The molecule has 6 heteroatoms. The van der Waals surface area contributed by atoms with E-state index in [4.69, 9.17) is 14.8 Å². The zero-order valence-corrected chi connectivity index (χ0v) is 3.53. The van der Waals surface area contributed by atoms with E-state index >= 15 is 0 Å². The fourth-order valence-electron chi connectivity index (χ4n) is 0. The van der Waals surface area contributed by atoms with Gasteiger partial charge in [-0.1, -0.05) is 0 Å². The maximum atomic E-state index is 9.00. The van der Waals surface area contributed by atoms with Gasteiger partial charge in [0.05, 0.1) is 0 Å². The predicted molar refractivity (Wildman–Crippen MR) is 24.0 cm³/mol. The van der Waals surface area contributed by atoms with Crippen LogP contribution in [0.15, 0.2) is 0 Å². The lowest BCUT2D eigenvalue weighted by atomic mass is 10.5. The monoisotopic (exact) mass is 105 g/mol. The van der Waals surface area contributed by atoms with E-state index in [0.717, 1.165) is 0 Å². The van der Waals surface area contributed by atoms with Gasteiger partial charge in [-0.05, 0) is 0 Å². The number of nitrogens with two attached hydrogens (primary N) is 2. The van der Waals surface area contributed by atoms with Gasteiger partial charge in [-0.2, -0.15) is 0 Å². The maximum Gasteiger partial charge on any atom is 0.482 e. The van der Waals surface area contributed by atoms with Crippen molar-refractivity contribution in [3.05, 3.63) is 0 Å². The number of amides is 2. The van der Waals surface area contributed by atoms with E-state index < -0.39 is 6.03 Å². The van der Waals surface area contributed by atoms with Crippen LogP contribution in [0.5, 0.6) is 0 Å². The third-order valence-corrected chi connectivity index (χ3v) is 0. The van der Waals surface area contributed by atoms with Crippen molar-refractivity contribution < 1.29 is 14.8 Å². The second-order valence-electron chi connectivity index (χ2n) is 0.518. The lowest BCUT2D eigenvalue weighted by Crippen LogP contribution is -2.18. The molecule has 2 amide bonds. The van der Waals surface area contributed by atoms with Crippen LogP contribution in [0.2, 0.25) is 0 Å². The average molecular weight is 105 g/mol. The molecular formula is CH6BN2O3. The van der Waals surface area contributed by atoms with Crippen molar-refractivity contribution in [2.24, 2.45) is 11.5 Å². The highest BCUT2D eigenvalue weighted by atomic mass is 16.4. The Bertz CT molecular complexity index is 44.2.